The van der Waals surface area contributed by atoms with Gasteiger partial charge in [-0.3, -0.25) is 4.79 Å². The molecule has 3 rings (SSSR count). The lowest BCUT2D eigenvalue weighted by atomic mass is 9.68. The van der Waals surface area contributed by atoms with E-state index in [0.717, 1.165) is 31.4 Å². The van der Waals surface area contributed by atoms with Crippen molar-refractivity contribution < 1.29 is 4.79 Å². The molecule has 1 amide bonds. The van der Waals surface area contributed by atoms with Crippen LogP contribution < -0.4 is 11.1 Å². The third-order valence-electron chi connectivity index (χ3n) is 4.45. The highest BCUT2D eigenvalue weighted by Crippen LogP contribution is 2.42. The van der Waals surface area contributed by atoms with E-state index < -0.39 is 0 Å². The summed E-state index contributed by atoms with van der Waals surface area (Å²) in [4.78, 5) is 13.8. The van der Waals surface area contributed by atoms with Gasteiger partial charge in [-0.1, -0.05) is 24.6 Å². The van der Waals surface area contributed by atoms with Crippen molar-refractivity contribution in [3.8, 4) is 0 Å². The summed E-state index contributed by atoms with van der Waals surface area (Å²) in [6.45, 7) is 0.474. The highest BCUT2D eigenvalue weighted by atomic mass is 32.2. The number of rotatable bonds is 3. The van der Waals surface area contributed by atoms with E-state index in [1.807, 2.05) is 17.8 Å². The summed E-state index contributed by atoms with van der Waals surface area (Å²) in [6, 6.07) is 8.53. The fourth-order valence-corrected chi connectivity index (χ4v) is 4.06. The van der Waals surface area contributed by atoms with Gasteiger partial charge in [0.05, 0.1) is 11.5 Å². The molecule has 1 atom stereocenters. The largest absolute Gasteiger partial charge is 0.349 e. The molecule has 0 radical (unpaired) electrons. The maximum absolute atomic E-state index is 12.5. The van der Waals surface area contributed by atoms with Crippen LogP contribution in [0.4, 0.5) is 0 Å². The molecule has 1 aliphatic carbocycles. The van der Waals surface area contributed by atoms with Crippen LogP contribution in [0.5, 0.6) is 0 Å². The molecule has 1 unspecified atom stereocenters. The normalized spacial score (nSPS) is 24.2. The van der Waals surface area contributed by atoms with Crippen LogP contribution in [-0.2, 0) is 4.79 Å². The van der Waals surface area contributed by atoms with Crippen molar-refractivity contribution in [1.82, 2.24) is 5.32 Å². The van der Waals surface area contributed by atoms with Crippen LogP contribution in [-0.4, -0.2) is 18.2 Å². The summed E-state index contributed by atoms with van der Waals surface area (Å²) in [5, 5.41) is 3.24. The van der Waals surface area contributed by atoms with E-state index in [9.17, 15) is 4.79 Å². The highest BCUT2D eigenvalue weighted by molar-refractivity contribution is 7.99. The molecule has 1 aromatic rings. The van der Waals surface area contributed by atoms with Crippen molar-refractivity contribution in [1.29, 1.82) is 0 Å². The van der Waals surface area contributed by atoms with Crippen molar-refractivity contribution in [2.45, 2.75) is 36.6 Å². The van der Waals surface area contributed by atoms with Gasteiger partial charge in [0.25, 0.3) is 0 Å². The van der Waals surface area contributed by atoms with Gasteiger partial charge in [-0.2, -0.15) is 0 Å². The first-order valence-corrected chi connectivity index (χ1v) is 7.96. The number of benzene rings is 1. The van der Waals surface area contributed by atoms with Crippen molar-refractivity contribution in [3.63, 3.8) is 0 Å². The number of nitrogens with two attached hydrogens (primary N) is 1. The zero-order valence-corrected chi connectivity index (χ0v) is 11.8. The van der Waals surface area contributed by atoms with Crippen LogP contribution in [0.1, 0.15) is 37.3 Å². The van der Waals surface area contributed by atoms with E-state index in [1.165, 1.54) is 10.5 Å². The Morgan fingerprint density at radius 2 is 2.21 bits per heavy atom. The topological polar surface area (TPSA) is 55.1 Å². The first-order valence-electron chi connectivity index (χ1n) is 6.98. The number of hydrogen-bond acceptors (Lipinski definition) is 3. The van der Waals surface area contributed by atoms with Crippen LogP contribution in [0.2, 0.25) is 0 Å². The van der Waals surface area contributed by atoms with E-state index in [2.05, 4.69) is 23.5 Å². The second-order valence-electron chi connectivity index (χ2n) is 5.54. The lowest BCUT2D eigenvalue weighted by Crippen LogP contribution is -2.51. The van der Waals surface area contributed by atoms with Crippen molar-refractivity contribution in [2.24, 2.45) is 11.1 Å². The van der Waals surface area contributed by atoms with Crippen molar-refractivity contribution in [2.75, 3.05) is 12.3 Å². The molecule has 0 aromatic heterocycles. The summed E-state index contributed by atoms with van der Waals surface area (Å²) in [6.07, 6.45) is 4.02. The van der Waals surface area contributed by atoms with Gasteiger partial charge < -0.3 is 11.1 Å². The Balaban J connectivity index is 1.76. The molecule has 2 aliphatic rings. The van der Waals surface area contributed by atoms with Gasteiger partial charge in [-0.25, -0.2) is 0 Å². The molecule has 4 heteroatoms. The Kier molecular flexibility index (Phi) is 3.54. The molecule has 102 valence electrons. The molecule has 0 saturated heterocycles. The van der Waals surface area contributed by atoms with E-state index in [4.69, 9.17) is 5.73 Å². The smallest absolute Gasteiger partial charge is 0.227 e. The summed E-state index contributed by atoms with van der Waals surface area (Å²) < 4.78 is 0. The molecular formula is C15H20N2OS. The van der Waals surface area contributed by atoms with Gasteiger partial charge in [-0.05, 0) is 30.9 Å². The zero-order chi connectivity index (χ0) is 13.3. The van der Waals surface area contributed by atoms with Crippen LogP contribution in [0.25, 0.3) is 0 Å². The number of amides is 1. The monoisotopic (exact) mass is 276 g/mol. The molecule has 1 saturated carbocycles. The molecule has 0 bridgehead atoms. The SMILES string of the molecule is NCC1(C(=O)NC2CCSc3ccccc32)CCC1. The molecule has 3 nitrogen and oxygen atoms in total. The van der Waals surface area contributed by atoms with Crippen LogP contribution in [0.3, 0.4) is 0 Å². The number of hydrogen-bond donors (Lipinski definition) is 2. The molecular weight excluding hydrogens is 256 g/mol. The molecule has 1 aromatic carbocycles. The van der Waals surface area contributed by atoms with Crippen molar-refractivity contribution in [3.05, 3.63) is 29.8 Å². The van der Waals surface area contributed by atoms with Crippen LogP contribution >= 0.6 is 11.8 Å². The predicted molar refractivity (Wildman–Crippen MR) is 78.0 cm³/mol. The first-order chi connectivity index (χ1) is 9.25. The minimum Gasteiger partial charge on any atom is -0.349 e. The second kappa shape index (κ2) is 5.17. The van der Waals surface area contributed by atoms with Gasteiger partial charge in [0.2, 0.25) is 5.91 Å². The average molecular weight is 276 g/mol. The lowest BCUT2D eigenvalue weighted by molar-refractivity contribution is -0.136. The zero-order valence-electron chi connectivity index (χ0n) is 11.0. The Hall–Kier alpha value is -1.00. The van der Waals surface area contributed by atoms with E-state index in [0.29, 0.717) is 6.54 Å². The molecule has 19 heavy (non-hydrogen) atoms. The fraction of sp³-hybridized carbons (Fsp3) is 0.533. The molecule has 0 spiro atoms. The molecule has 1 fully saturated rings. The predicted octanol–water partition coefficient (Wildman–Crippen LogP) is 2.47. The first kappa shape index (κ1) is 13.0. The highest BCUT2D eigenvalue weighted by Gasteiger charge is 2.43. The number of thioether (sulfide) groups is 1. The number of carbonyl (C=O) groups excluding carboxylic acids is 1. The Morgan fingerprint density at radius 3 is 2.89 bits per heavy atom. The van der Waals surface area contributed by atoms with Crippen LogP contribution in [0.15, 0.2) is 29.2 Å². The molecule has 3 N–H and O–H groups in total. The van der Waals surface area contributed by atoms with Gasteiger partial charge in [0.1, 0.15) is 0 Å². The summed E-state index contributed by atoms with van der Waals surface area (Å²) in [5.41, 5.74) is 6.79. The average Bonchev–Trinajstić information content (AvgIpc) is 2.38. The summed E-state index contributed by atoms with van der Waals surface area (Å²) >= 11 is 1.88. The van der Waals surface area contributed by atoms with E-state index in [-0.39, 0.29) is 17.4 Å². The molecule has 1 heterocycles. The lowest BCUT2D eigenvalue weighted by Gasteiger charge is -2.40. The summed E-state index contributed by atoms with van der Waals surface area (Å²) in [7, 11) is 0. The molecule has 1 aliphatic heterocycles. The van der Waals surface area contributed by atoms with Gasteiger partial charge in [-0.15, -0.1) is 11.8 Å². The Labute approximate surface area is 118 Å². The van der Waals surface area contributed by atoms with E-state index in [1.54, 1.807) is 0 Å². The van der Waals surface area contributed by atoms with Crippen molar-refractivity contribution >= 4 is 17.7 Å². The van der Waals surface area contributed by atoms with Gasteiger partial charge in [0, 0.05) is 17.2 Å². The van der Waals surface area contributed by atoms with E-state index >= 15 is 0 Å². The number of carbonyl (C=O) groups is 1. The number of fused-ring (bicyclic) bond motifs is 1. The minimum atomic E-state index is -0.278. The van der Waals surface area contributed by atoms with Crippen LogP contribution in [0, 0.1) is 5.41 Å². The Morgan fingerprint density at radius 1 is 1.42 bits per heavy atom. The third kappa shape index (κ3) is 2.28. The third-order valence-corrected chi connectivity index (χ3v) is 5.57. The Bertz CT molecular complexity index is 479. The fourth-order valence-electron chi connectivity index (χ4n) is 2.93. The maximum Gasteiger partial charge on any atom is 0.227 e. The van der Waals surface area contributed by atoms with Gasteiger partial charge >= 0.3 is 0 Å². The summed E-state index contributed by atoms with van der Waals surface area (Å²) in [5.74, 6) is 1.23. The quantitative estimate of drug-likeness (QED) is 0.891. The maximum atomic E-state index is 12.5. The minimum absolute atomic E-state index is 0.160. The number of nitrogens with one attached hydrogen (secondary N) is 1. The second-order valence-corrected chi connectivity index (χ2v) is 6.68. The standard InChI is InChI=1S/C15H20N2OS/c16-10-15(7-3-8-15)14(18)17-12-6-9-19-13-5-2-1-4-11(12)13/h1-2,4-5,12H,3,6-10,16H2,(H,17,18). The van der Waals surface area contributed by atoms with Gasteiger partial charge in [0.15, 0.2) is 0 Å².